The van der Waals surface area contributed by atoms with Crippen LogP contribution in [0.1, 0.15) is 32.6 Å². The van der Waals surface area contributed by atoms with E-state index in [4.69, 9.17) is 0 Å². The number of hydrogen-bond donors (Lipinski definition) is 1. The molecule has 0 aliphatic heterocycles. The summed E-state index contributed by atoms with van der Waals surface area (Å²) in [5.41, 5.74) is 0.229. The number of alkyl halides is 6. The molecule has 1 aliphatic rings. The Labute approximate surface area is 108 Å². The minimum atomic E-state index is -5.30. The van der Waals surface area contributed by atoms with Gasteiger partial charge >= 0.3 is 12.4 Å². The van der Waals surface area contributed by atoms with Gasteiger partial charge in [-0.15, -0.1) is 0 Å². The molecule has 112 valence electrons. The van der Waals surface area contributed by atoms with E-state index in [9.17, 15) is 26.3 Å². The molecule has 0 fully saturated rings. The van der Waals surface area contributed by atoms with Crippen molar-refractivity contribution >= 4 is 0 Å². The summed E-state index contributed by atoms with van der Waals surface area (Å²) in [7, 11) is 0. The lowest BCUT2D eigenvalue weighted by atomic mass is 9.85. The summed E-state index contributed by atoms with van der Waals surface area (Å²) in [5, 5.41) is 2.36. The predicted molar refractivity (Wildman–Crippen MR) is 59.6 cm³/mol. The molecule has 0 aromatic heterocycles. The van der Waals surface area contributed by atoms with E-state index in [1.807, 2.05) is 0 Å². The van der Waals surface area contributed by atoms with Crippen molar-refractivity contribution < 1.29 is 26.3 Å². The van der Waals surface area contributed by atoms with Crippen molar-refractivity contribution in [2.24, 2.45) is 5.92 Å². The van der Waals surface area contributed by atoms with E-state index in [0.29, 0.717) is 19.3 Å². The highest BCUT2D eigenvalue weighted by atomic mass is 19.4. The van der Waals surface area contributed by atoms with Gasteiger partial charge in [-0.3, -0.25) is 0 Å². The highest BCUT2D eigenvalue weighted by Gasteiger charge is 2.60. The van der Waals surface area contributed by atoms with Crippen molar-refractivity contribution in [3.8, 4) is 0 Å². The van der Waals surface area contributed by atoms with Gasteiger partial charge in [-0.2, -0.15) is 26.3 Å². The molecule has 0 aromatic rings. The van der Waals surface area contributed by atoms with Crippen molar-refractivity contribution in [3.63, 3.8) is 0 Å². The van der Waals surface area contributed by atoms with Crippen LogP contribution in [0.4, 0.5) is 26.3 Å². The Bertz CT molecular complexity index is 303. The van der Waals surface area contributed by atoms with E-state index in [2.05, 4.69) is 5.32 Å². The SMILES string of the molecule is CCNC(C1=CCCCC1)C(C(F)(F)F)C(F)(F)F. The molecule has 7 heteroatoms. The van der Waals surface area contributed by atoms with Crippen LogP contribution in [-0.4, -0.2) is 24.9 Å². The Morgan fingerprint density at radius 2 is 1.68 bits per heavy atom. The highest BCUT2D eigenvalue weighted by Crippen LogP contribution is 2.44. The topological polar surface area (TPSA) is 12.0 Å². The normalized spacial score (nSPS) is 19.5. The fourth-order valence-electron chi connectivity index (χ4n) is 2.39. The van der Waals surface area contributed by atoms with Gasteiger partial charge < -0.3 is 5.32 Å². The van der Waals surface area contributed by atoms with E-state index < -0.39 is 24.3 Å². The molecule has 0 spiro atoms. The van der Waals surface area contributed by atoms with E-state index in [0.717, 1.165) is 6.42 Å². The Balaban J connectivity index is 3.08. The predicted octanol–water partition coefficient (Wildman–Crippen LogP) is 4.21. The van der Waals surface area contributed by atoms with Crippen molar-refractivity contribution in [3.05, 3.63) is 11.6 Å². The van der Waals surface area contributed by atoms with Crippen molar-refractivity contribution in [2.75, 3.05) is 6.54 Å². The van der Waals surface area contributed by atoms with Crippen LogP contribution >= 0.6 is 0 Å². The van der Waals surface area contributed by atoms with Crippen LogP contribution < -0.4 is 5.32 Å². The first-order valence-corrected chi connectivity index (χ1v) is 6.23. The molecular weight excluding hydrogens is 272 g/mol. The zero-order chi connectivity index (χ0) is 14.7. The number of likely N-dealkylation sites (N-methyl/N-ethyl adjacent to an activating group) is 1. The summed E-state index contributed by atoms with van der Waals surface area (Å²) >= 11 is 0. The Morgan fingerprint density at radius 3 is 2.05 bits per heavy atom. The summed E-state index contributed by atoms with van der Waals surface area (Å²) in [4.78, 5) is 0. The van der Waals surface area contributed by atoms with E-state index in [1.165, 1.54) is 13.0 Å². The van der Waals surface area contributed by atoms with Crippen molar-refractivity contribution in [2.45, 2.75) is 51.0 Å². The van der Waals surface area contributed by atoms with E-state index in [1.54, 1.807) is 0 Å². The second-order valence-electron chi connectivity index (χ2n) is 4.62. The summed E-state index contributed by atoms with van der Waals surface area (Å²) in [6.07, 6.45) is -6.81. The van der Waals surface area contributed by atoms with Gasteiger partial charge in [0, 0.05) is 6.04 Å². The number of rotatable bonds is 4. The van der Waals surface area contributed by atoms with Crippen LogP contribution in [0.25, 0.3) is 0 Å². The van der Waals surface area contributed by atoms with Gasteiger partial charge in [-0.25, -0.2) is 0 Å². The van der Waals surface area contributed by atoms with Gasteiger partial charge in [0.15, 0.2) is 5.92 Å². The fraction of sp³-hybridized carbons (Fsp3) is 0.833. The van der Waals surface area contributed by atoms with Crippen LogP contribution in [0, 0.1) is 5.92 Å². The minimum absolute atomic E-state index is 0.0602. The summed E-state index contributed by atoms with van der Waals surface area (Å²) in [6.45, 7) is 1.56. The fourth-order valence-corrected chi connectivity index (χ4v) is 2.39. The molecule has 1 nitrogen and oxygen atoms in total. The van der Waals surface area contributed by atoms with Gasteiger partial charge in [0.05, 0.1) is 0 Å². The first kappa shape index (κ1) is 16.3. The molecule has 0 amide bonds. The van der Waals surface area contributed by atoms with Gasteiger partial charge in [-0.1, -0.05) is 18.6 Å². The Kier molecular flexibility index (Phi) is 5.29. The van der Waals surface area contributed by atoms with Gasteiger partial charge in [0.1, 0.15) is 0 Å². The zero-order valence-electron chi connectivity index (χ0n) is 10.5. The molecule has 1 rings (SSSR count). The van der Waals surface area contributed by atoms with Gasteiger partial charge in [0.25, 0.3) is 0 Å². The van der Waals surface area contributed by atoms with Gasteiger partial charge in [-0.05, 0) is 32.2 Å². The maximum Gasteiger partial charge on any atom is 0.402 e. The molecule has 0 bridgehead atoms. The van der Waals surface area contributed by atoms with Crippen LogP contribution in [-0.2, 0) is 0 Å². The summed E-state index contributed by atoms with van der Waals surface area (Å²) in [6, 6.07) is -1.70. The van der Waals surface area contributed by atoms with E-state index >= 15 is 0 Å². The molecule has 0 saturated carbocycles. The number of allylic oxidation sites excluding steroid dienone is 1. The summed E-state index contributed by atoms with van der Waals surface area (Å²) < 4.78 is 76.5. The van der Waals surface area contributed by atoms with Crippen LogP contribution in [0.2, 0.25) is 0 Å². The van der Waals surface area contributed by atoms with Crippen LogP contribution in [0.3, 0.4) is 0 Å². The lowest BCUT2D eigenvalue weighted by Crippen LogP contribution is -2.52. The largest absolute Gasteiger partial charge is 0.402 e. The third-order valence-electron chi connectivity index (χ3n) is 3.19. The number of hydrogen-bond acceptors (Lipinski definition) is 1. The van der Waals surface area contributed by atoms with Crippen LogP contribution in [0.15, 0.2) is 11.6 Å². The third kappa shape index (κ3) is 4.40. The second kappa shape index (κ2) is 6.15. The molecule has 0 radical (unpaired) electrons. The monoisotopic (exact) mass is 289 g/mol. The average molecular weight is 289 g/mol. The molecular formula is C12H17F6N. The Hall–Kier alpha value is -0.720. The molecule has 1 N–H and O–H groups in total. The smallest absolute Gasteiger partial charge is 0.310 e. The molecule has 0 aromatic carbocycles. The molecule has 0 saturated heterocycles. The molecule has 19 heavy (non-hydrogen) atoms. The maximum atomic E-state index is 12.8. The molecule has 0 heterocycles. The Morgan fingerprint density at radius 1 is 1.11 bits per heavy atom. The first-order chi connectivity index (χ1) is 8.68. The molecule has 1 aliphatic carbocycles. The number of nitrogens with one attached hydrogen (secondary N) is 1. The molecule has 1 unspecified atom stereocenters. The number of halogens is 6. The third-order valence-corrected chi connectivity index (χ3v) is 3.19. The first-order valence-electron chi connectivity index (χ1n) is 6.23. The highest BCUT2D eigenvalue weighted by molar-refractivity contribution is 5.16. The minimum Gasteiger partial charge on any atom is -0.310 e. The van der Waals surface area contributed by atoms with Crippen molar-refractivity contribution in [1.82, 2.24) is 5.32 Å². The lowest BCUT2D eigenvalue weighted by molar-refractivity contribution is -0.289. The molecule has 1 atom stereocenters. The standard InChI is InChI=1S/C12H17F6N/c1-2-19-9(8-6-4-3-5-7-8)10(11(13,14)15)12(16,17)18/h6,9-10,19H,2-5,7H2,1H3. The van der Waals surface area contributed by atoms with Crippen molar-refractivity contribution in [1.29, 1.82) is 0 Å². The zero-order valence-corrected chi connectivity index (χ0v) is 10.5. The lowest BCUT2D eigenvalue weighted by Gasteiger charge is -2.34. The van der Waals surface area contributed by atoms with E-state index in [-0.39, 0.29) is 12.1 Å². The second-order valence-corrected chi connectivity index (χ2v) is 4.62. The average Bonchev–Trinajstić information content (AvgIpc) is 2.26. The quantitative estimate of drug-likeness (QED) is 0.604. The maximum absolute atomic E-state index is 12.8. The van der Waals surface area contributed by atoms with Crippen LogP contribution in [0.5, 0.6) is 0 Å². The summed E-state index contributed by atoms with van der Waals surface area (Å²) in [5.74, 6) is -3.34. The van der Waals surface area contributed by atoms with Gasteiger partial charge in [0.2, 0.25) is 0 Å².